The number of hydrogen-bond acceptors (Lipinski definition) is 4. The number of aliphatic hydroxyl groups excluding tert-OH is 1. The molecular formula is C18H22N4O. The summed E-state index contributed by atoms with van der Waals surface area (Å²) in [4.78, 5) is 11.3. The lowest BCUT2D eigenvalue weighted by molar-refractivity contribution is 0.183. The van der Waals surface area contributed by atoms with Crippen molar-refractivity contribution in [2.45, 2.75) is 26.9 Å². The van der Waals surface area contributed by atoms with E-state index in [-0.39, 0.29) is 6.61 Å². The minimum Gasteiger partial charge on any atom is -0.395 e. The second kappa shape index (κ2) is 6.89. The Bertz CT molecular complexity index is 782. The van der Waals surface area contributed by atoms with Crippen LogP contribution in [-0.2, 0) is 13.1 Å². The second-order valence-corrected chi connectivity index (χ2v) is 5.86. The Labute approximate surface area is 136 Å². The van der Waals surface area contributed by atoms with Crippen LogP contribution in [0.5, 0.6) is 0 Å². The molecular weight excluding hydrogens is 288 g/mol. The van der Waals surface area contributed by atoms with Gasteiger partial charge in [0.05, 0.1) is 12.3 Å². The van der Waals surface area contributed by atoms with Gasteiger partial charge >= 0.3 is 0 Å². The van der Waals surface area contributed by atoms with Crippen LogP contribution in [0.3, 0.4) is 0 Å². The molecule has 2 aromatic heterocycles. The normalized spacial score (nSPS) is 11.5. The maximum Gasteiger partial charge on any atom is 0.234 e. The highest BCUT2D eigenvalue weighted by Crippen LogP contribution is 2.12. The highest BCUT2D eigenvalue weighted by Gasteiger charge is 2.11. The van der Waals surface area contributed by atoms with E-state index in [0.717, 1.165) is 29.4 Å². The second-order valence-electron chi connectivity index (χ2n) is 5.86. The molecule has 5 heteroatoms. The van der Waals surface area contributed by atoms with Crippen LogP contribution in [0.4, 0.5) is 0 Å². The number of imidazole rings is 1. The van der Waals surface area contributed by atoms with E-state index in [9.17, 15) is 5.11 Å². The molecule has 1 N–H and O–H groups in total. The number of hydrogen-bond donors (Lipinski definition) is 1. The summed E-state index contributed by atoms with van der Waals surface area (Å²) in [7, 11) is 0. The van der Waals surface area contributed by atoms with Crippen molar-refractivity contribution in [2.75, 3.05) is 13.2 Å². The molecule has 2 heterocycles. The first-order chi connectivity index (χ1) is 11.2. The predicted octanol–water partition coefficient (Wildman–Crippen LogP) is 2.34. The van der Waals surface area contributed by atoms with Crippen molar-refractivity contribution in [1.29, 1.82) is 0 Å². The number of aryl methyl sites for hydroxylation is 2. The van der Waals surface area contributed by atoms with Gasteiger partial charge in [-0.25, -0.2) is 9.97 Å². The molecule has 0 atom stereocenters. The lowest BCUT2D eigenvalue weighted by Gasteiger charge is -2.20. The molecule has 0 spiro atoms. The van der Waals surface area contributed by atoms with Crippen LogP contribution in [0.1, 0.15) is 22.6 Å². The van der Waals surface area contributed by atoms with Crippen molar-refractivity contribution in [1.82, 2.24) is 19.3 Å². The van der Waals surface area contributed by atoms with Gasteiger partial charge in [-0.05, 0) is 25.5 Å². The zero-order valence-corrected chi connectivity index (χ0v) is 13.6. The first kappa shape index (κ1) is 15.6. The Hall–Kier alpha value is -2.24. The third kappa shape index (κ3) is 3.75. The van der Waals surface area contributed by atoms with Crippen molar-refractivity contribution in [3.8, 4) is 0 Å². The fourth-order valence-electron chi connectivity index (χ4n) is 2.82. The highest BCUT2D eigenvalue weighted by atomic mass is 16.3. The minimum atomic E-state index is 0.136. The number of rotatable bonds is 6. The number of aromatic nitrogens is 3. The molecule has 0 saturated heterocycles. The molecule has 0 fully saturated rings. The van der Waals surface area contributed by atoms with Gasteiger partial charge in [0, 0.05) is 37.2 Å². The minimum absolute atomic E-state index is 0.136. The van der Waals surface area contributed by atoms with Crippen molar-refractivity contribution < 1.29 is 5.11 Å². The van der Waals surface area contributed by atoms with E-state index >= 15 is 0 Å². The molecule has 120 valence electrons. The third-order valence-electron chi connectivity index (χ3n) is 3.86. The molecule has 0 aliphatic rings. The van der Waals surface area contributed by atoms with Gasteiger partial charge in [0.25, 0.3) is 0 Å². The van der Waals surface area contributed by atoms with E-state index in [0.29, 0.717) is 13.1 Å². The van der Waals surface area contributed by atoms with Crippen LogP contribution in [0.15, 0.2) is 42.6 Å². The molecule has 0 radical (unpaired) electrons. The number of nitrogens with zero attached hydrogens (tertiary/aromatic N) is 4. The molecule has 3 rings (SSSR count). The van der Waals surface area contributed by atoms with Crippen LogP contribution < -0.4 is 0 Å². The summed E-state index contributed by atoms with van der Waals surface area (Å²) >= 11 is 0. The van der Waals surface area contributed by atoms with Gasteiger partial charge in [0.1, 0.15) is 0 Å². The topological polar surface area (TPSA) is 53.7 Å². The summed E-state index contributed by atoms with van der Waals surface area (Å²) in [5.74, 6) is 0.737. The van der Waals surface area contributed by atoms with Gasteiger partial charge < -0.3 is 5.11 Å². The van der Waals surface area contributed by atoms with Crippen LogP contribution in [0, 0.1) is 13.8 Å². The first-order valence-corrected chi connectivity index (χ1v) is 7.85. The first-order valence-electron chi connectivity index (χ1n) is 7.85. The zero-order valence-electron chi connectivity index (χ0n) is 13.6. The Balaban J connectivity index is 1.81. The predicted molar refractivity (Wildman–Crippen MR) is 90.1 cm³/mol. The fourth-order valence-corrected chi connectivity index (χ4v) is 2.82. The molecule has 0 aliphatic carbocycles. The maximum absolute atomic E-state index is 9.33. The Morgan fingerprint density at radius 3 is 2.61 bits per heavy atom. The third-order valence-corrected chi connectivity index (χ3v) is 3.86. The van der Waals surface area contributed by atoms with Crippen molar-refractivity contribution in [3.05, 3.63) is 65.2 Å². The number of fused-ring (bicyclic) bond motifs is 1. The quantitative estimate of drug-likeness (QED) is 0.759. The monoisotopic (exact) mass is 310 g/mol. The summed E-state index contributed by atoms with van der Waals surface area (Å²) in [5.41, 5.74) is 4.30. The molecule has 0 amide bonds. The van der Waals surface area contributed by atoms with Crippen molar-refractivity contribution in [3.63, 3.8) is 0 Å². The summed E-state index contributed by atoms with van der Waals surface area (Å²) in [6.07, 6.45) is 2.03. The van der Waals surface area contributed by atoms with Gasteiger partial charge in [-0.2, -0.15) is 0 Å². The molecule has 0 saturated carbocycles. The molecule has 0 unspecified atom stereocenters. The smallest absolute Gasteiger partial charge is 0.234 e. The standard InChI is InChI=1S/C18H22N4O/c1-14-10-15(2)22-13-17(20-18(22)19-14)12-21(8-9-23)11-16-6-4-3-5-7-16/h3-7,10,13,23H,8-9,11-12H2,1-2H3. The van der Waals surface area contributed by atoms with Gasteiger partial charge in [-0.3, -0.25) is 9.30 Å². The Morgan fingerprint density at radius 2 is 1.87 bits per heavy atom. The highest BCUT2D eigenvalue weighted by molar-refractivity contribution is 5.34. The van der Waals surface area contributed by atoms with Gasteiger partial charge in [-0.15, -0.1) is 0 Å². The van der Waals surface area contributed by atoms with E-state index in [1.165, 1.54) is 5.56 Å². The summed E-state index contributed by atoms with van der Waals surface area (Å²) in [6, 6.07) is 12.3. The number of aliphatic hydroxyl groups is 1. The van der Waals surface area contributed by atoms with Crippen molar-refractivity contribution in [2.24, 2.45) is 0 Å². The van der Waals surface area contributed by atoms with Crippen LogP contribution in [0.25, 0.3) is 5.78 Å². The molecule has 0 aliphatic heterocycles. The summed E-state index contributed by atoms with van der Waals surface area (Å²) < 4.78 is 2.02. The van der Waals surface area contributed by atoms with Gasteiger partial charge in [0.15, 0.2) is 0 Å². The average Bonchev–Trinajstić information content (AvgIpc) is 2.91. The van der Waals surface area contributed by atoms with E-state index < -0.39 is 0 Å². The Morgan fingerprint density at radius 1 is 1.09 bits per heavy atom. The average molecular weight is 310 g/mol. The van der Waals surface area contributed by atoms with E-state index in [1.807, 2.05) is 41.8 Å². The van der Waals surface area contributed by atoms with E-state index in [2.05, 4.69) is 33.9 Å². The molecule has 1 aromatic carbocycles. The van der Waals surface area contributed by atoms with Crippen LogP contribution >= 0.6 is 0 Å². The SMILES string of the molecule is Cc1cc(C)n2cc(CN(CCO)Cc3ccccc3)nc2n1. The zero-order chi connectivity index (χ0) is 16.2. The Kier molecular flexibility index (Phi) is 4.69. The van der Waals surface area contributed by atoms with E-state index in [1.54, 1.807) is 0 Å². The molecule has 0 bridgehead atoms. The maximum atomic E-state index is 9.33. The number of benzene rings is 1. The summed E-state index contributed by atoms with van der Waals surface area (Å²) in [6.45, 7) is 6.28. The van der Waals surface area contributed by atoms with Crippen molar-refractivity contribution >= 4 is 5.78 Å². The van der Waals surface area contributed by atoms with Crippen LogP contribution in [-0.4, -0.2) is 37.5 Å². The molecule has 3 aromatic rings. The largest absolute Gasteiger partial charge is 0.395 e. The molecule has 5 nitrogen and oxygen atoms in total. The molecule has 23 heavy (non-hydrogen) atoms. The summed E-state index contributed by atoms with van der Waals surface area (Å²) in [5, 5.41) is 9.33. The van der Waals surface area contributed by atoms with E-state index in [4.69, 9.17) is 0 Å². The van der Waals surface area contributed by atoms with Crippen LogP contribution in [0.2, 0.25) is 0 Å². The van der Waals surface area contributed by atoms with Gasteiger partial charge in [-0.1, -0.05) is 30.3 Å². The lowest BCUT2D eigenvalue weighted by atomic mass is 10.2. The van der Waals surface area contributed by atoms with Gasteiger partial charge in [0.2, 0.25) is 5.78 Å². The lowest BCUT2D eigenvalue weighted by Crippen LogP contribution is -2.26. The fraction of sp³-hybridized carbons (Fsp3) is 0.333.